The van der Waals surface area contributed by atoms with Gasteiger partial charge in [-0.2, -0.15) is 5.10 Å². The molecule has 0 saturated heterocycles. The zero-order valence-electron chi connectivity index (χ0n) is 9.33. The monoisotopic (exact) mass is 233 g/mol. The van der Waals surface area contributed by atoms with Gasteiger partial charge >= 0.3 is 0 Å². The van der Waals surface area contributed by atoms with Gasteiger partial charge in [0.05, 0.1) is 6.20 Å². The number of aryl methyl sites for hydroxylation is 1. The van der Waals surface area contributed by atoms with E-state index < -0.39 is 0 Å². The number of benzene rings is 1. The summed E-state index contributed by atoms with van der Waals surface area (Å²) >= 11 is 0. The maximum atomic E-state index is 13.0. The van der Waals surface area contributed by atoms with Crippen LogP contribution in [0.5, 0.6) is 0 Å². The van der Waals surface area contributed by atoms with Gasteiger partial charge in [0.25, 0.3) is 5.91 Å². The molecule has 17 heavy (non-hydrogen) atoms. The van der Waals surface area contributed by atoms with Gasteiger partial charge in [-0.05, 0) is 30.7 Å². The Hall–Kier alpha value is -2.17. The first-order valence-electron chi connectivity index (χ1n) is 5.19. The fourth-order valence-corrected chi connectivity index (χ4v) is 1.44. The number of hydrogen-bond donors (Lipinski definition) is 2. The highest BCUT2D eigenvalue weighted by Crippen LogP contribution is 2.09. The minimum absolute atomic E-state index is 0.227. The third-order valence-electron chi connectivity index (χ3n) is 2.43. The largest absolute Gasteiger partial charge is 0.348 e. The molecule has 0 bridgehead atoms. The lowest BCUT2D eigenvalue weighted by Crippen LogP contribution is -2.22. The number of rotatable bonds is 3. The molecule has 4 nitrogen and oxygen atoms in total. The van der Waals surface area contributed by atoms with Crippen LogP contribution in [0, 0.1) is 12.7 Å². The van der Waals surface area contributed by atoms with Gasteiger partial charge in [-0.15, -0.1) is 0 Å². The summed E-state index contributed by atoms with van der Waals surface area (Å²) < 4.78 is 13.0. The lowest BCUT2D eigenvalue weighted by Gasteiger charge is -2.04. The Labute approximate surface area is 97.9 Å². The van der Waals surface area contributed by atoms with Gasteiger partial charge in [0, 0.05) is 23.9 Å². The molecule has 5 heteroatoms. The van der Waals surface area contributed by atoms with Crippen LogP contribution in [0.3, 0.4) is 0 Å². The van der Waals surface area contributed by atoms with Crippen LogP contribution in [-0.4, -0.2) is 16.1 Å². The molecule has 1 aromatic carbocycles. The Morgan fingerprint density at radius 2 is 2.35 bits per heavy atom. The van der Waals surface area contributed by atoms with E-state index in [2.05, 4.69) is 15.5 Å². The van der Waals surface area contributed by atoms with Crippen molar-refractivity contribution in [1.29, 1.82) is 0 Å². The predicted molar refractivity (Wildman–Crippen MR) is 60.9 cm³/mol. The summed E-state index contributed by atoms with van der Waals surface area (Å²) in [4.78, 5) is 11.7. The van der Waals surface area contributed by atoms with Crippen molar-refractivity contribution in [3.63, 3.8) is 0 Å². The summed E-state index contributed by atoms with van der Waals surface area (Å²) in [5.41, 5.74) is 1.80. The third kappa shape index (κ3) is 2.69. The molecule has 0 aliphatic carbocycles. The Bertz CT molecular complexity index is 523. The molecule has 0 atom stereocenters. The molecule has 2 N–H and O–H groups in total. The van der Waals surface area contributed by atoms with Gasteiger partial charge in [0.2, 0.25) is 0 Å². The molecule has 0 saturated carbocycles. The highest BCUT2D eigenvalue weighted by Gasteiger charge is 2.07. The molecule has 0 radical (unpaired) electrons. The average Bonchev–Trinajstić information content (AvgIpc) is 2.82. The number of H-pyrrole nitrogens is 1. The summed E-state index contributed by atoms with van der Waals surface area (Å²) in [6, 6.07) is 4.29. The second kappa shape index (κ2) is 4.78. The molecule has 0 fully saturated rings. The number of carbonyl (C=O) groups excluding carboxylic acids is 1. The molecule has 0 spiro atoms. The summed E-state index contributed by atoms with van der Waals surface area (Å²) in [7, 11) is 0. The Morgan fingerprint density at radius 3 is 3.00 bits per heavy atom. The lowest BCUT2D eigenvalue weighted by molar-refractivity contribution is 0.0951. The summed E-state index contributed by atoms with van der Waals surface area (Å²) in [5, 5.41) is 9.16. The third-order valence-corrected chi connectivity index (χ3v) is 2.43. The van der Waals surface area contributed by atoms with Crippen LogP contribution >= 0.6 is 0 Å². The van der Waals surface area contributed by atoms with Crippen LogP contribution in [0.2, 0.25) is 0 Å². The number of aromatic amines is 1. The highest BCUT2D eigenvalue weighted by atomic mass is 19.1. The first kappa shape index (κ1) is 11.3. The van der Waals surface area contributed by atoms with Crippen molar-refractivity contribution in [3.05, 3.63) is 53.1 Å². The Balaban J connectivity index is 2.02. The minimum atomic E-state index is -0.309. The lowest BCUT2D eigenvalue weighted by atomic mass is 10.1. The molecule has 1 amide bonds. The van der Waals surface area contributed by atoms with E-state index in [-0.39, 0.29) is 11.7 Å². The summed E-state index contributed by atoms with van der Waals surface area (Å²) in [5.74, 6) is -0.536. The number of carbonyl (C=O) groups is 1. The smallest absolute Gasteiger partial charge is 0.251 e. The van der Waals surface area contributed by atoms with Crippen LogP contribution < -0.4 is 5.32 Å². The van der Waals surface area contributed by atoms with E-state index in [1.54, 1.807) is 19.3 Å². The minimum Gasteiger partial charge on any atom is -0.348 e. The summed E-state index contributed by atoms with van der Waals surface area (Å²) in [6.07, 6.45) is 3.34. The molecule has 1 aromatic heterocycles. The average molecular weight is 233 g/mol. The number of nitrogens with one attached hydrogen (secondary N) is 2. The van der Waals surface area contributed by atoms with Crippen molar-refractivity contribution in [2.24, 2.45) is 0 Å². The van der Waals surface area contributed by atoms with E-state index in [4.69, 9.17) is 0 Å². The highest BCUT2D eigenvalue weighted by molar-refractivity contribution is 5.94. The van der Waals surface area contributed by atoms with Crippen LogP contribution in [-0.2, 0) is 6.54 Å². The van der Waals surface area contributed by atoms with Crippen LogP contribution in [0.1, 0.15) is 21.5 Å². The van der Waals surface area contributed by atoms with E-state index in [1.807, 2.05) is 0 Å². The second-order valence-electron chi connectivity index (χ2n) is 3.75. The molecule has 0 aliphatic rings. The van der Waals surface area contributed by atoms with Gasteiger partial charge in [0.1, 0.15) is 5.82 Å². The Morgan fingerprint density at radius 1 is 1.53 bits per heavy atom. The van der Waals surface area contributed by atoms with Gasteiger partial charge in [-0.25, -0.2) is 4.39 Å². The first-order chi connectivity index (χ1) is 8.16. The van der Waals surface area contributed by atoms with Crippen LogP contribution in [0.4, 0.5) is 4.39 Å². The molecule has 0 aliphatic heterocycles. The van der Waals surface area contributed by atoms with E-state index in [9.17, 15) is 9.18 Å². The van der Waals surface area contributed by atoms with Crippen molar-refractivity contribution >= 4 is 5.91 Å². The number of halogens is 1. The fourth-order valence-electron chi connectivity index (χ4n) is 1.44. The normalized spacial score (nSPS) is 10.2. The molecule has 0 unspecified atom stereocenters. The first-order valence-corrected chi connectivity index (χ1v) is 5.19. The number of nitrogens with zero attached hydrogens (tertiary/aromatic N) is 1. The van der Waals surface area contributed by atoms with Crippen LogP contribution in [0.15, 0.2) is 30.6 Å². The maximum Gasteiger partial charge on any atom is 0.251 e. The second-order valence-corrected chi connectivity index (χ2v) is 3.75. The van der Waals surface area contributed by atoms with E-state index >= 15 is 0 Å². The zero-order valence-corrected chi connectivity index (χ0v) is 9.33. The van der Waals surface area contributed by atoms with E-state index in [0.717, 1.165) is 5.56 Å². The predicted octanol–water partition coefficient (Wildman–Crippen LogP) is 1.79. The van der Waals surface area contributed by atoms with Gasteiger partial charge < -0.3 is 5.32 Å². The number of hydrogen-bond acceptors (Lipinski definition) is 2. The quantitative estimate of drug-likeness (QED) is 0.849. The van der Waals surface area contributed by atoms with Gasteiger partial charge in [-0.1, -0.05) is 0 Å². The van der Waals surface area contributed by atoms with Gasteiger partial charge in [0.15, 0.2) is 0 Å². The molecular weight excluding hydrogens is 221 g/mol. The van der Waals surface area contributed by atoms with Crippen LogP contribution in [0.25, 0.3) is 0 Å². The molecule has 2 rings (SSSR count). The molecule has 88 valence electrons. The van der Waals surface area contributed by atoms with Crippen molar-refractivity contribution < 1.29 is 9.18 Å². The topological polar surface area (TPSA) is 57.8 Å². The maximum absolute atomic E-state index is 13.0. The molecule has 1 heterocycles. The fraction of sp³-hybridized carbons (Fsp3) is 0.167. The zero-order chi connectivity index (χ0) is 12.3. The Kier molecular flexibility index (Phi) is 3.18. The van der Waals surface area contributed by atoms with Crippen molar-refractivity contribution in [1.82, 2.24) is 15.5 Å². The van der Waals surface area contributed by atoms with Crippen molar-refractivity contribution in [3.8, 4) is 0 Å². The number of aromatic nitrogens is 2. The summed E-state index contributed by atoms with van der Waals surface area (Å²) in [6.45, 7) is 2.02. The number of amides is 1. The van der Waals surface area contributed by atoms with E-state index in [1.165, 1.54) is 18.2 Å². The molecular formula is C12H12FN3O. The SMILES string of the molecule is Cc1cc(C(=O)NCc2cn[nH]c2)ccc1F. The standard InChI is InChI=1S/C12H12FN3O/c1-8-4-10(2-3-11(8)13)12(17)14-5-9-6-15-16-7-9/h2-4,6-7H,5H2,1H3,(H,14,17)(H,15,16). The van der Waals surface area contributed by atoms with Gasteiger partial charge in [-0.3, -0.25) is 9.89 Å². The van der Waals surface area contributed by atoms with E-state index in [0.29, 0.717) is 17.7 Å². The molecule has 2 aromatic rings. The van der Waals surface area contributed by atoms with Crippen molar-refractivity contribution in [2.75, 3.05) is 0 Å². The van der Waals surface area contributed by atoms with Crippen molar-refractivity contribution in [2.45, 2.75) is 13.5 Å².